The van der Waals surface area contributed by atoms with Crippen LogP contribution in [0.1, 0.15) is 105 Å². The monoisotopic (exact) mass is 569 g/mol. The predicted octanol–water partition coefficient (Wildman–Crippen LogP) is 5.31. The zero-order chi connectivity index (χ0) is 29.4. The maximum Gasteiger partial charge on any atom is 0.389 e. The number of imidazole rings is 1. The number of hydrogen-bond acceptors (Lipinski definition) is 5. The predicted molar refractivity (Wildman–Crippen MR) is 136 cm³/mol. The number of aromatic nitrogens is 5. The maximum absolute atomic E-state index is 14.0. The Morgan fingerprint density at radius 2 is 1.85 bits per heavy atom. The standard InChI is InChI=1S/C26H32F5N7O2/c1-13(2)38-24(21(32)40)36-23(37-38)20(15-6-9-25(27,28)10-7-15)22-34-17-5-4-16(12-18(17)35-22)14(3)33-19(39)8-11-26(29,30)31/h4-5,12-15,20H,6-11H2,1-3H3,(H2,32,40)(H,33,39)(H,34,35)/t14-,20+/m1/s1. The van der Waals surface area contributed by atoms with Crippen LogP contribution in [0.2, 0.25) is 0 Å². The summed E-state index contributed by atoms with van der Waals surface area (Å²) in [5, 5.41) is 7.10. The highest BCUT2D eigenvalue weighted by Crippen LogP contribution is 2.44. The van der Waals surface area contributed by atoms with E-state index < -0.39 is 48.7 Å². The van der Waals surface area contributed by atoms with Gasteiger partial charge >= 0.3 is 6.18 Å². The molecule has 0 radical (unpaired) electrons. The molecular formula is C26H32F5N7O2. The van der Waals surface area contributed by atoms with Crippen molar-refractivity contribution in [3.05, 3.63) is 41.2 Å². The Kier molecular flexibility index (Phi) is 8.18. The Labute approximate surface area is 227 Å². The molecule has 14 heteroatoms. The van der Waals surface area contributed by atoms with Crippen LogP contribution in [0.25, 0.3) is 11.0 Å². The molecule has 2 amide bonds. The molecule has 1 fully saturated rings. The number of fused-ring (bicyclic) bond motifs is 1. The Morgan fingerprint density at radius 1 is 1.18 bits per heavy atom. The molecule has 3 aromatic rings. The van der Waals surface area contributed by atoms with Gasteiger partial charge in [0, 0.05) is 25.3 Å². The molecule has 1 aliphatic rings. The molecule has 0 bridgehead atoms. The fourth-order valence-corrected chi connectivity index (χ4v) is 5.07. The van der Waals surface area contributed by atoms with Crippen LogP contribution in [-0.4, -0.2) is 48.6 Å². The van der Waals surface area contributed by atoms with E-state index in [1.165, 1.54) is 4.68 Å². The molecule has 218 valence electrons. The van der Waals surface area contributed by atoms with Gasteiger partial charge in [-0.15, -0.1) is 0 Å². The second kappa shape index (κ2) is 11.1. The van der Waals surface area contributed by atoms with Crippen LogP contribution in [0.4, 0.5) is 22.0 Å². The van der Waals surface area contributed by atoms with Crippen molar-refractivity contribution in [1.82, 2.24) is 30.0 Å². The van der Waals surface area contributed by atoms with Gasteiger partial charge in [-0.05, 0) is 57.2 Å². The normalized spacial score (nSPS) is 17.7. The number of halogens is 5. The molecule has 4 N–H and O–H groups in total. The number of primary amides is 1. The molecule has 2 aromatic heterocycles. The van der Waals surface area contributed by atoms with E-state index in [-0.39, 0.29) is 49.3 Å². The molecule has 40 heavy (non-hydrogen) atoms. The van der Waals surface area contributed by atoms with Crippen molar-refractivity contribution >= 4 is 22.8 Å². The lowest BCUT2D eigenvalue weighted by molar-refractivity contribution is -0.144. The summed E-state index contributed by atoms with van der Waals surface area (Å²) in [6.45, 7) is 5.28. The van der Waals surface area contributed by atoms with Gasteiger partial charge in [-0.2, -0.15) is 18.3 Å². The van der Waals surface area contributed by atoms with Crippen molar-refractivity contribution in [2.45, 2.75) is 89.4 Å². The van der Waals surface area contributed by atoms with E-state index in [1.807, 2.05) is 13.8 Å². The smallest absolute Gasteiger partial charge is 0.363 e. The largest absolute Gasteiger partial charge is 0.389 e. The first-order valence-corrected chi connectivity index (χ1v) is 13.1. The van der Waals surface area contributed by atoms with Gasteiger partial charge in [0.15, 0.2) is 5.82 Å². The van der Waals surface area contributed by atoms with E-state index in [2.05, 4.69) is 25.4 Å². The molecule has 4 rings (SSSR count). The van der Waals surface area contributed by atoms with Gasteiger partial charge in [-0.25, -0.2) is 23.4 Å². The van der Waals surface area contributed by atoms with Crippen LogP contribution in [-0.2, 0) is 4.79 Å². The third-order valence-electron chi connectivity index (χ3n) is 7.20. The Balaban J connectivity index is 1.66. The number of nitrogens with one attached hydrogen (secondary N) is 2. The first kappa shape index (κ1) is 29.4. The van der Waals surface area contributed by atoms with Gasteiger partial charge in [-0.3, -0.25) is 9.59 Å². The number of nitrogens with zero attached hydrogens (tertiary/aromatic N) is 4. The lowest BCUT2D eigenvalue weighted by Gasteiger charge is -2.31. The topological polar surface area (TPSA) is 132 Å². The first-order valence-electron chi connectivity index (χ1n) is 13.1. The van der Waals surface area contributed by atoms with Crippen LogP contribution >= 0.6 is 0 Å². The third kappa shape index (κ3) is 6.76. The molecule has 1 aromatic carbocycles. The summed E-state index contributed by atoms with van der Waals surface area (Å²) < 4.78 is 66.8. The molecule has 2 atom stereocenters. The van der Waals surface area contributed by atoms with Gasteiger partial charge in [0.1, 0.15) is 5.82 Å². The number of aromatic amines is 1. The van der Waals surface area contributed by atoms with Gasteiger partial charge in [0.05, 0.1) is 29.4 Å². The van der Waals surface area contributed by atoms with Crippen molar-refractivity contribution in [3.8, 4) is 0 Å². The van der Waals surface area contributed by atoms with Crippen molar-refractivity contribution in [1.29, 1.82) is 0 Å². The summed E-state index contributed by atoms with van der Waals surface area (Å²) in [7, 11) is 0. The van der Waals surface area contributed by atoms with Crippen molar-refractivity contribution in [2.75, 3.05) is 0 Å². The van der Waals surface area contributed by atoms with Crippen molar-refractivity contribution < 1.29 is 31.5 Å². The third-order valence-corrected chi connectivity index (χ3v) is 7.20. The molecular weight excluding hydrogens is 537 g/mol. The van der Waals surface area contributed by atoms with Gasteiger partial charge < -0.3 is 16.0 Å². The zero-order valence-electron chi connectivity index (χ0n) is 22.4. The molecule has 9 nitrogen and oxygen atoms in total. The van der Waals surface area contributed by atoms with Crippen molar-refractivity contribution in [2.24, 2.45) is 11.7 Å². The number of benzene rings is 1. The molecule has 0 saturated heterocycles. The average Bonchev–Trinajstić information content (AvgIpc) is 3.48. The van der Waals surface area contributed by atoms with Gasteiger partial charge in [0.25, 0.3) is 5.91 Å². The minimum atomic E-state index is -4.42. The Bertz CT molecular complexity index is 1370. The van der Waals surface area contributed by atoms with E-state index in [0.29, 0.717) is 22.4 Å². The molecule has 2 heterocycles. The van der Waals surface area contributed by atoms with E-state index in [9.17, 15) is 31.5 Å². The summed E-state index contributed by atoms with van der Waals surface area (Å²) in [5.74, 6) is -4.50. The molecule has 0 unspecified atom stereocenters. The summed E-state index contributed by atoms with van der Waals surface area (Å²) in [5.41, 5.74) is 7.30. The number of H-pyrrole nitrogens is 1. The van der Waals surface area contributed by atoms with Gasteiger partial charge in [-0.1, -0.05) is 6.07 Å². The van der Waals surface area contributed by atoms with Crippen LogP contribution in [0.3, 0.4) is 0 Å². The van der Waals surface area contributed by atoms with E-state index in [4.69, 9.17) is 5.73 Å². The zero-order valence-corrected chi connectivity index (χ0v) is 22.4. The van der Waals surface area contributed by atoms with E-state index in [1.54, 1.807) is 25.1 Å². The highest BCUT2D eigenvalue weighted by atomic mass is 19.4. The number of hydrogen-bond donors (Lipinski definition) is 3. The lowest BCUT2D eigenvalue weighted by atomic mass is 9.78. The molecule has 1 saturated carbocycles. The molecule has 0 spiro atoms. The Hall–Kier alpha value is -3.58. The first-order chi connectivity index (χ1) is 18.6. The molecule has 0 aliphatic heterocycles. The number of alkyl halides is 5. The number of nitrogens with two attached hydrogens (primary N) is 1. The van der Waals surface area contributed by atoms with E-state index >= 15 is 0 Å². The minimum Gasteiger partial charge on any atom is -0.363 e. The molecule has 1 aliphatic carbocycles. The fourth-order valence-electron chi connectivity index (χ4n) is 5.07. The number of rotatable bonds is 9. The van der Waals surface area contributed by atoms with E-state index in [0.717, 1.165) is 0 Å². The summed E-state index contributed by atoms with van der Waals surface area (Å²) in [4.78, 5) is 36.4. The SMILES string of the molecule is CC(C)n1nc([C@H](c2nc3ccc([C@@H](C)NC(=O)CCC(F)(F)F)cc3[nH]2)C2CCC(F)(F)CC2)nc1C(N)=O. The fraction of sp³-hybridized carbons (Fsp3) is 0.577. The Morgan fingerprint density at radius 3 is 2.42 bits per heavy atom. The number of carbonyl (C=O) groups excluding carboxylic acids is 2. The van der Waals surface area contributed by atoms with Gasteiger partial charge in [0.2, 0.25) is 17.7 Å². The second-order valence-electron chi connectivity index (χ2n) is 10.7. The maximum atomic E-state index is 14.0. The van der Waals surface area contributed by atoms with Crippen molar-refractivity contribution in [3.63, 3.8) is 0 Å². The summed E-state index contributed by atoms with van der Waals surface area (Å²) >= 11 is 0. The summed E-state index contributed by atoms with van der Waals surface area (Å²) in [6, 6.07) is 4.32. The van der Waals surface area contributed by atoms with Crippen LogP contribution < -0.4 is 11.1 Å². The quantitative estimate of drug-likeness (QED) is 0.301. The highest BCUT2D eigenvalue weighted by Gasteiger charge is 2.41. The van der Waals surface area contributed by atoms with Crippen LogP contribution in [0.5, 0.6) is 0 Å². The average molecular weight is 570 g/mol. The lowest BCUT2D eigenvalue weighted by Crippen LogP contribution is -2.29. The van der Waals surface area contributed by atoms with Crippen LogP contribution in [0.15, 0.2) is 18.2 Å². The number of carbonyl (C=O) groups is 2. The summed E-state index contributed by atoms with van der Waals surface area (Å²) in [6.07, 6.45) is -6.49. The minimum absolute atomic E-state index is 0.0374. The highest BCUT2D eigenvalue weighted by molar-refractivity contribution is 5.89. The second-order valence-corrected chi connectivity index (χ2v) is 10.7. The number of amides is 2. The van der Waals surface area contributed by atoms with Crippen LogP contribution in [0, 0.1) is 5.92 Å².